The van der Waals surface area contributed by atoms with E-state index in [1.807, 2.05) is 31.2 Å². The Morgan fingerprint density at radius 3 is 3.00 bits per heavy atom. The van der Waals surface area contributed by atoms with Gasteiger partial charge in [0.15, 0.2) is 0 Å². The molecule has 2 N–H and O–H groups in total. The van der Waals surface area contributed by atoms with Crippen molar-refractivity contribution in [1.29, 1.82) is 0 Å². The van der Waals surface area contributed by atoms with Crippen molar-refractivity contribution in [3.8, 4) is 5.75 Å². The van der Waals surface area contributed by atoms with Gasteiger partial charge in [0.05, 0.1) is 13.2 Å². The molecule has 1 amide bonds. The van der Waals surface area contributed by atoms with Gasteiger partial charge in [-0.2, -0.15) is 0 Å². The largest absolute Gasteiger partial charge is 0.494 e. The third-order valence-electron chi connectivity index (χ3n) is 3.90. The number of hydrogen-bond donors (Lipinski definition) is 2. The van der Waals surface area contributed by atoms with E-state index in [0.29, 0.717) is 32.5 Å². The van der Waals surface area contributed by atoms with Gasteiger partial charge in [-0.05, 0) is 50.4 Å². The first kappa shape index (κ1) is 17.3. The van der Waals surface area contributed by atoms with Crippen LogP contribution < -0.4 is 10.1 Å². The van der Waals surface area contributed by atoms with Crippen LogP contribution in [0.1, 0.15) is 24.8 Å². The highest BCUT2D eigenvalue weighted by molar-refractivity contribution is 5.80. The average molecular weight is 320 g/mol. The molecule has 6 nitrogen and oxygen atoms in total. The van der Waals surface area contributed by atoms with Gasteiger partial charge in [-0.1, -0.05) is 12.1 Å². The van der Waals surface area contributed by atoms with E-state index >= 15 is 0 Å². The molecule has 1 aliphatic rings. The Morgan fingerprint density at radius 1 is 1.43 bits per heavy atom. The highest BCUT2D eigenvalue weighted by Crippen LogP contribution is 2.16. The normalized spacial score (nSPS) is 17.9. The molecule has 6 heteroatoms. The number of amides is 1. The fourth-order valence-electron chi connectivity index (χ4n) is 2.73. The second-order valence-corrected chi connectivity index (χ2v) is 5.84. The number of nitrogens with zero attached hydrogens (tertiary/aromatic N) is 1. The summed E-state index contributed by atoms with van der Waals surface area (Å²) in [5, 5.41) is 11.9. The minimum atomic E-state index is -0.846. The highest BCUT2D eigenvalue weighted by Gasteiger charge is 2.31. The summed E-state index contributed by atoms with van der Waals surface area (Å²) in [5.41, 5.74) is 1.15. The molecule has 1 atom stereocenters. The van der Waals surface area contributed by atoms with Gasteiger partial charge in [0.25, 0.3) is 0 Å². The number of aliphatic carboxylic acids is 1. The molecule has 1 aromatic rings. The van der Waals surface area contributed by atoms with E-state index in [0.717, 1.165) is 17.7 Å². The first-order valence-corrected chi connectivity index (χ1v) is 7.99. The van der Waals surface area contributed by atoms with Crippen LogP contribution in [-0.2, 0) is 9.59 Å². The lowest BCUT2D eigenvalue weighted by molar-refractivity contribution is -0.142. The third-order valence-corrected chi connectivity index (χ3v) is 3.90. The standard InChI is InChI=1S/C17H24N2O4/c1-13-5-2-6-14(11-13)23-10-4-8-18-16(20)12-19-9-3-7-15(19)17(21)22/h2,5-6,11,15H,3-4,7-10,12H2,1H3,(H,18,20)(H,21,22)/t15-/m1/s1. The summed E-state index contributed by atoms with van der Waals surface area (Å²) < 4.78 is 5.61. The average Bonchev–Trinajstić information content (AvgIpc) is 2.95. The van der Waals surface area contributed by atoms with Crippen LogP contribution >= 0.6 is 0 Å². The van der Waals surface area contributed by atoms with E-state index in [1.165, 1.54) is 0 Å². The molecule has 1 fully saturated rings. The van der Waals surface area contributed by atoms with E-state index in [1.54, 1.807) is 4.90 Å². The van der Waals surface area contributed by atoms with Crippen LogP contribution in [0.25, 0.3) is 0 Å². The van der Waals surface area contributed by atoms with Crippen molar-refractivity contribution in [1.82, 2.24) is 10.2 Å². The molecular formula is C17H24N2O4. The Kier molecular flexibility index (Phi) is 6.40. The molecule has 1 aliphatic heterocycles. The van der Waals surface area contributed by atoms with Gasteiger partial charge in [0, 0.05) is 6.54 Å². The summed E-state index contributed by atoms with van der Waals surface area (Å²) >= 11 is 0. The van der Waals surface area contributed by atoms with Crippen LogP contribution in [0.3, 0.4) is 0 Å². The molecule has 0 saturated carbocycles. The van der Waals surface area contributed by atoms with Crippen molar-refractivity contribution < 1.29 is 19.4 Å². The topological polar surface area (TPSA) is 78.9 Å². The molecule has 1 aromatic carbocycles. The summed E-state index contributed by atoms with van der Waals surface area (Å²) in [6.07, 6.45) is 2.16. The van der Waals surface area contributed by atoms with Gasteiger partial charge in [-0.3, -0.25) is 14.5 Å². The number of likely N-dealkylation sites (tertiary alicyclic amines) is 1. The van der Waals surface area contributed by atoms with E-state index in [9.17, 15) is 9.59 Å². The fourth-order valence-corrected chi connectivity index (χ4v) is 2.73. The predicted molar refractivity (Wildman–Crippen MR) is 86.5 cm³/mol. The molecule has 0 aromatic heterocycles. The van der Waals surface area contributed by atoms with Gasteiger partial charge in [0.2, 0.25) is 5.91 Å². The summed E-state index contributed by atoms with van der Waals surface area (Å²) in [7, 11) is 0. The first-order chi connectivity index (χ1) is 11.1. The van der Waals surface area contributed by atoms with Gasteiger partial charge in [0.1, 0.15) is 11.8 Å². The number of rotatable bonds is 8. The smallest absolute Gasteiger partial charge is 0.320 e. The Balaban J connectivity index is 1.60. The number of carboxylic acid groups (broad SMARTS) is 1. The van der Waals surface area contributed by atoms with Crippen molar-refractivity contribution >= 4 is 11.9 Å². The molecule has 2 rings (SSSR count). The quantitative estimate of drug-likeness (QED) is 0.709. The molecule has 0 aliphatic carbocycles. The number of carboxylic acids is 1. The lowest BCUT2D eigenvalue weighted by Gasteiger charge is -2.20. The number of nitrogens with one attached hydrogen (secondary N) is 1. The Labute approximate surface area is 136 Å². The maximum Gasteiger partial charge on any atom is 0.320 e. The van der Waals surface area contributed by atoms with Crippen LogP contribution in [-0.4, -0.2) is 54.2 Å². The first-order valence-electron chi connectivity index (χ1n) is 7.99. The van der Waals surface area contributed by atoms with Crippen LogP contribution in [0.15, 0.2) is 24.3 Å². The predicted octanol–water partition coefficient (Wildman–Crippen LogP) is 1.43. The molecule has 0 bridgehead atoms. The zero-order valence-electron chi connectivity index (χ0n) is 13.5. The number of ether oxygens (including phenoxy) is 1. The second kappa shape index (κ2) is 8.53. The molecule has 1 saturated heterocycles. The summed E-state index contributed by atoms with van der Waals surface area (Å²) in [5.74, 6) is -0.145. The molecule has 126 valence electrons. The van der Waals surface area contributed by atoms with Crippen LogP contribution in [0.5, 0.6) is 5.75 Å². The summed E-state index contributed by atoms with van der Waals surface area (Å²) in [6, 6.07) is 7.31. The number of hydrogen-bond acceptors (Lipinski definition) is 4. The minimum absolute atomic E-state index is 0.131. The maximum absolute atomic E-state index is 11.9. The molecule has 1 heterocycles. The number of carbonyl (C=O) groups excluding carboxylic acids is 1. The molecule has 23 heavy (non-hydrogen) atoms. The van der Waals surface area contributed by atoms with E-state index in [2.05, 4.69) is 5.32 Å². The number of aryl methyl sites for hydroxylation is 1. The third kappa shape index (κ3) is 5.56. The Bertz CT molecular complexity index is 547. The van der Waals surface area contributed by atoms with Gasteiger partial charge in [-0.15, -0.1) is 0 Å². The van der Waals surface area contributed by atoms with Crippen molar-refractivity contribution in [2.45, 2.75) is 32.2 Å². The summed E-state index contributed by atoms with van der Waals surface area (Å²) in [4.78, 5) is 24.6. The lowest BCUT2D eigenvalue weighted by atomic mass is 10.2. The lowest BCUT2D eigenvalue weighted by Crippen LogP contribution is -2.43. The van der Waals surface area contributed by atoms with Gasteiger partial charge < -0.3 is 15.2 Å². The zero-order valence-corrected chi connectivity index (χ0v) is 13.5. The highest BCUT2D eigenvalue weighted by atomic mass is 16.5. The van der Waals surface area contributed by atoms with Gasteiger partial charge >= 0.3 is 5.97 Å². The molecule has 0 unspecified atom stereocenters. The van der Waals surface area contributed by atoms with Gasteiger partial charge in [-0.25, -0.2) is 0 Å². The molecule has 0 radical (unpaired) electrons. The minimum Gasteiger partial charge on any atom is -0.494 e. The van der Waals surface area contributed by atoms with Crippen LogP contribution in [0, 0.1) is 6.92 Å². The zero-order chi connectivity index (χ0) is 16.7. The van der Waals surface area contributed by atoms with Crippen molar-refractivity contribution in [3.05, 3.63) is 29.8 Å². The monoisotopic (exact) mass is 320 g/mol. The maximum atomic E-state index is 11.9. The molecular weight excluding hydrogens is 296 g/mol. The Hall–Kier alpha value is -2.08. The number of carbonyl (C=O) groups is 2. The molecule has 0 spiro atoms. The van der Waals surface area contributed by atoms with Crippen molar-refractivity contribution in [2.75, 3.05) is 26.2 Å². The Morgan fingerprint density at radius 2 is 2.26 bits per heavy atom. The van der Waals surface area contributed by atoms with E-state index in [-0.39, 0.29) is 12.5 Å². The van der Waals surface area contributed by atoms with E-state index in [4.69, 9.17) is 9.84 Å². The van der Waals surface area contributed by atoms with E-state index < -0.39 is 12.0 Å². The summed E-state index contributed by atoms with van der Waals surface area (Å²) in [6.45, 7) is 3.88. The number of benzene rings is 1. The second-order valence-electron chi connectivity index (χ2n) is 5.84. The van der Waals surface area contributed by atoms with Crippen LogP contribution in [0.2, 0.25) is 0 Å². The van der Waals surface area contributed by atoms with Crippen molar-refractivity contribution in [3.63, 3.8) is 0 Å². The van der Waals surface area contributed by atoms with Crippen molar-refractivity contribution in [2.24, 2.45) is 0 Å². The SMILES string of the molecule is Cc1cccc(OCCCNC(=O)CN2CCC[C@@H]2C(=O)O)c1. The van der Waals surface area contributed by atoms with Crippen LogP contribution in [0.4, 0.5) is 0 Å². The fraction of sp³-hybridized carbons (Fsp3) is 0.529.